The van der Waals surface area contributed by atoms with Gasteiger partial charge in [-0.15, -0.1) is 0 Å². The van der Waals surface area contributed by atoms with Crippen molar-refractivity contribution in [3.63, 3.8) is 0 Å². The number of nitrogens with zero attached hydrogens (tertiary/aromatic N) is 4. The number of alkyl halides is 2. The molecule has 0 bridgehead atoms. The Bertz CT molecular complexity index is 1070. The van der Waals surface area contributed by atoms with Crippen LogP contribution < -0.4 is 9.64 Å². The molecule has 0 N–H and O–H groups in total. The highest BCUT2D eigenvalue weighted by Crippen LogP contribution is 2.50. The summed E-state index contributed by atoms with van der Waals surface area (Å²) in [4.78, 5) is 19.6. The van der Waals surface area contributed by atoms with Crippen LogP contribution in [0, 0.1) is 23.6 Å². The molecule has 2 atom stereocenters. The van der Waals surface area contributed by atoms with Crippen LogP contribution in [0.5, 0.6) is 5.75 Å². The summed E-state index contributed by atoms with van der Waals surface area (Å²) >= 11 is 0. The van der Waals surface area contributed by atoms with Gasteiger partial charge in [0, 0.05) is 26.3 Å². The molecule has 1 aliphatic carbocycles. The number of piperidine rings is 1. The molecule has 5 rings (SSSR count). The minimum absolute atomic E-state index is 0.187. The molecule has 2 unspecified atom stereocenters. The lowest BCUT2D eigenvalue weighted by Crippen LogP contribution is -2.58. The molecule has 1 saturated carbocycles. The second-order valence-corrected chi connectivity index (χ2v) is 10.1. The van der Waals surface area contributed by atoms with Gasteiger partial charge in [0.15, 0.2) is 5.82 Å². The van der Waals surface area contributed by atoms with Crippen LogP contribution in [-0.4, -0.2) is 66.8 Å². The number of benzene rings is 1. The summed E-state index contributed by atoms with van der Waals surface area (Å²) in [5, 5.41) is 3.93. The lowest BCUT2D eigenvalue weighted by Gasteiger charge is -2.38. The monoisotopic (exact) mass is 508 g/mol. The molecular formula is C25H31F3N4O4. The van der Waals surface area contributed by atoms with Crippen molar-refractivity contribution >= 4 is 11.9 Å². The van der Waals surface area contributed by atoms with Gasteiger partial charge < -0.3 is 23.8 Å². The summed E-state index contributed by atoms with van der Waals surface area (Å²) in [7, 11) is 1.60. The first-order valence-corrected chi connectivity index (χ1v) is 12.4. The summed E-state index contributed by atoms with van der Waals surface area (Å²) in [6.07, 6.45) is 4.05. The van der Waals surface area contributed by atoms with Crippen LogP contribution in [0.15, 0.2) is 22.7 Å². The van der Waals surface area contributed by atoms with Crippen LogP contribution in [0.3, 0.4) is 0 Å². The molecule has 3 heterocycles. The van der Waals surface area contributed by atoms with E-state index < -0.39 is 30.7 Å². The molecule has 0 radical (unpaired) electrons. The number of amides is 1. The van der Waals surface area contributed by atoms with E-state index in [1.54, 1.807) is 13.2 Å². The fraction of sp³-hybridized carbons (Fsp3) is 0.640. The number of anilines is 1. The van der Waals surface area contributed by atoms with Crippen LogP contribution >= 0.6 is 0 Å². The van der Waals surface area contributed by atoms with Gasteiger partial charge in [0.05, 0.1) is 26.1 Å². The van der Waals surface area contributed by atoms with Crippen molar-refractivity contribution < 1.29 is 32.0 Å². The van der Waals surface area contributed by atoms with E-state index in [9.17, 15) is 18.0 Å². The standard InChI is InChI=1S/C25H31F3N4O4/c1-34-13-22-29-24(36-30-22)31-7-4-16(5-8-31)20-10-17(20)6-9-35-19-3-2-18(21(26)12-19)11-23(33)32-14-25(27,28)15-32/h2-3,12,16-17,20H,4-11,13-15H2,1H3. The second kappa shape index (κ2) is 10.3. The van der Waals surface area contributed by atoms with E-state index in [0.717, 1.165) is 37.3 Å². The number of carbonyl (C=O) groups excluding carboxylic acids is 1. The molecule has 1 aromatic heterocycles. The molecule has 2 aromatic rings. The Kier molecular flexibility index (Phi) is 7.09. The van der Waals surface area contributed by atoms with Crippen molar-refractivity contribution in [2.24, 2.45) is 17.8 Å². The average molecular weight is 509 g/mol. The quantitative estimate of drug-likeness (QED) is 0.484. The molecule has 36 heavy (non-hydrogen) atoms. The first-order chi connectivity index (χ1) is 17.3. The molecule has 3 aliphatic rings. The maximum atomic E-state index is 14.4. The molecule has 11 heteroatoms. The van der Waals surface area contributed by atoms with Gasteiger partial charge in [-0.1, -0.05) is 11.2 Å². The number of methoxy groups -OCH3 is 1. The van der Waals surface area contributed by atoms with Crippen molar-refractivity contribution in [1.29, 1.82) is 0 Å². The summed E-state index contributed by atoms with van der Waals surface area (Å²) < 4.78 is 56.4. The zero-order valence-electron chi connectivity index (χ0n) is 20.3. The Morgan fingerprint density at radius 3 is 2.72 bits per heavy atom. The summed E-state index contributed by atoms with van der Waals surface area (Å²) in [5.41, 5.74) is 0.187. The van der Waals surface area contributed by atoms with Crippen molar-refractivity contribution in [3.05, 3.63) is 35.4 Å². The van der Waals surface area contributed by atoms with E-state index in [4.69, 9.17) is 14.0 Å². The Balaban J connectivity index is 1.01. The molecule has 1 aromatic carbocycles. The summed E-state index contributed by atoms with van der Waals surface area (Å²) in [6.45, 7) is 1.45. The molecule has 2 saturated heterocycles. The van der Waals surface area contributed by atoms with Gasteiger partial charge in [0.25, 0.3) is 5.92 Å². The fourth-order valence-corrected chi connectivity index (χ4v) is 5.31. The molecule has 0 spiro atoms. The van der Waals surface area contributed by atoms with Crippen LogP contribution in [0.4, 0.5) is 19.2 Å². The number of hydrogen-bond acceptors (Lipinski definition) is 7. The maximum absolute atomic E-state index is 14.4. The third-order valence-corrected chi connectivity index (χ3v) is 7.44. The van der Waals surface area contributed by atoms with E-state index in [-0.39, 0.29) is 12.0 Å². The first kappa shape index (κ1) is 24.9. The smallest absolute Gasteiger partial charge is 0.324 e. The number of carbonyl (C=O) groups is 1. The molecule has 1 amide bonds. The number of rotatable bonds is 10. The zero-order valence-corrected chi connectivity index (χ0v) is 20.3. The zero-order chi connectivity index (χ0) is 25.3. The SMILES string of the molecule is COCc1noc(N2CCC(C3CC3CCOc3ccc(CC(=O)N4CC(F)(F)C4)c(F)c3)CC2)n1. The van der Waals surface area contributed by atoms with Gasteiger partial charge in [0.1, 0.15) is 18.2 Å². The largest absolute Gasteiger partial charge is 0.493 e. The Morgan fingerprint density at radius 1 is 1.25 bits per heavy atom. The highest BCUT2D eigenvalue weighted by molar-refractivity contribution is 5.79. The number of hydrogen-bond donors (Lipinski definition) is 0. The van der Waals surface area contributed by atoms with Crippen LogP contribution in [0.1, 0.15) is 37.1 Å². The highest BCUT2D eigenvalue weighted by atomic mass is 19.3. The minimum atomic E-state index is -2.83. The Hall–Kier alpha value is -2.82. The number of halogens is 3. The van der Waals surface area contributed by atoms with Gasteiger partial charge in [-0.2, -0.15) is 4.98 Å². The number of likely N-dealkylation sites (tertiary alicyclic amines) is 1. The van der Waals surface area contributed by atoms with Crippen molar-refractivity contribution in [3.8, 4) is 5.75 Å². The third-order valence-electron chi connectivity index (χ3n) is 7.44. The summed E-state index contributed by atoms with van der Waals surface area (Å²) in [6, 6.07) is 4.95. The van der Waals surface area contributed by atoms with Gasteiger partial charge in [0.2, 0.25) is 5.91 Å². The third kappa shape index (κ3) is 5.77. The van der Waals surface area contributed by atoms with Crippen LogP contribution in [0.25, 0.3) is 0 Å². The fourth-order valence-electron chi connectivity index (χ4n) is 5.31. The molecule has 196 valence electrons. The highest BCUT2D eigenvalue weighted by Gasteiger charge is 2.46. The van der Waals surface area contributed by atoms with Gasteiger partial charge in [-0.05, 0) is 55.1 Å². The van der Waals surface area contributed by atoms with Crippen molar-refractivity contribution in [1.82, 2.24) is 15.0 Å². The van der Waals surface area contributed by atoms with E-state index in [2.05, 4.69) is 15.0 Å². The number of aromatic nitrogens is 2. The second-order valence-electron chi connectivity index (χ2n) is 10.1. The molecule has 3 fully saturated rings. The lowest BCUT2D eigenvalue weighted by atomic mass is 9.90. The lowest BCUT2D eigenvalue weighted by molar-refractivity contribution is -0.165. The normalized spacial score (nSPS) is 23.4. The molecule has 2 aliphatic heterocycles. The average Bonchev–Trinajstić information content (AvgIpc) is 3.46. The predicted molar refractivity (Wildman–Crippen MR) is 123 cm³/mol. The topological polar surface area (TPSA) is 80.9 Å². The van der Waals surface area contributed by atoms with E-state index in [1.165, 1.54) is 18.6 Å². The van der Waals surface area contributed by atoms with Gasteiger partial charge >= 0.3 is 6.01 Å². The van der Waals surface area contributed by atoms with E-state index >= 15 is 0 Å². The van der Waals surface area contributed by atoms with Crippen molar-refractivity contribution in [2.75, 3.05) is 44.8 Å². The predicted octanol–water partition coefficient (Wildman–Crippen LogP) is 3.70. The summed E-state index contributed by atoms with van der Waals surface area (Å²) in [5.74, 6) is -0.916. The maximum Gasteiger partial charge on any atom is 0.324 e. The van der Waals surface area contributed by atoms with E-state index in [1.807, 2.05) is 0 Å². The van der Waals surface area contributed by atoms with Crippen LogP contribution in [-0.2, 0) is 22.6 Å². The van der Waals surface area contributed by atoms with E-state index in [0.29, 0.717) is 48.6 Å². The Labute approximate surface area is 207 Å². The van der Waals surface area contributed by atoms with Gasteiger partial charge in [-0.25, -0.2) is 13.2 Å². The molecular weight excluding hydrogens is 477 g/mol. The van der Waals surface area contributed by atoms with Gasteiger partial charge in [-0.3, -0.25) is 4.79 Å². The number of ether oxygens (including phenoxy) is 2. The van der Waals surface area contributed by atoms with Crippen LogP contribution in [0.2, 0.25) is 0 Å². The van der Waals surface area contributed by atoms with Crippen molar-refractivity contribution in [2.45, 2.75) is 44.6 Å². The Morgan fingerprint density at radius 2 is 2.03 bits per heavy atom. The minimum Gasteiger partial charge on any atom is -0.493 e. The first-order valence-electron chi connectivity index (χ1n) is 12.4. The molecule has 8 nitrogen and oxygen atoms in total.